The van der Waals surface area contributed by atoms with Crippen LogP contribution in [-0.4, -0.2) is 26.4 Å². The van der Waals surface area contributed by atoms with Crippen LogP contribution in [0.4, 0.5) is 10.2 Å². The Morgan fingerprint density at radius 2 is 2.10 bits per heavy atom. The number of nitrogens with zero attached hydrogens (tertiary/aromatic N) is 4. The summed E-state index contributed by atoms with van der Waals surface area (Å²) in [5, 5.41) is 15.6. The van der Waals surface area contributed by atoms with Crippen LogP contribution in [0.5, 0.6) is 0 Å². The van der Waals surface area contributed by atoms with Crippen LogP contribution in [-0.2, 0) is 6.42 Å². The highest BCUT2D eigenvalue weighted by Crippen LogP contribution is 2.08. The molecule has 0 aliphatic carbocycles. The first-order valence-electron chi connectivity index (χ1n) is 6.90. The summed E-state index contributed by atoms with van der Waals surface area (Å²) in [6.45, 7) is 2.64. The maximum Gasteiger partial charge on any atom is 0.178 e. The minimum Gasteiger partial charge on any atom is -0.369 e. The lowest BCUT2D eigenvalue weighted by Gasteiger charge is -2.06. The van der Waals surface area contributed by atoms with Gasteiger partial charge >= 0.3 is 0 Å². The Balaban J connectivity index is 1.55. The number of anilines is 1. The van der Waals surface area contributed by atoms with E-state index in [1.54, 1.807) is 16.6 Å². The molecule has 0 unspecified atom stereocenters. The number of hydrogen-bond donors (Lipinski definition) is 1. The minimum atomic E-state index is -0.185. The second-order valence-corrected chi connectivity index (χ2v) is 4.90. The predicted molar refractivity (Wildman–Crippen MR) is 78.7 cm³/mol. The van der Waals surface area contributed by atoms with E-state index in [-0.39, 0.29) is 5.82 Å². The number of hydrogen-bond acceptors (Lipinski definition) is 4. The third-order valence-corrected chi connectivity index (χ3v) is 3.26. The molecule has 108 valence electrons. The second-order valence-electron chi connectivity index (χ2n) is 4.90. The molecule has 0 atom stereocenters. The van der Waals surface area contributed by atoms with E-state index in [2.05, 4.69) is 20.6 Å². The summed E-state index contributed by atoms with van der Waals surface area (Å²) >= 11 is 0. The maximum atomic E-state index is 13.1. The molecule has 3 rings (SSSR count). The molecule has 2 aromatic heterocycles. The van der Waals surface area contributed by atoms with E-state index in [1.165, 1.54) is 6.07 Å². The summed E-state index contributed by atoms with van der Waals surface area (Å²) in [6, 6.07) is 10.5. The van der Waals surface area contributed by atoms with E-state index in [1.807, 2.05) is 25.1 Å². The van der Waals surface area contributed by atoms with Gasteiger partial charge in [-0.15, -0.1) is 15.3 Å². The molecule has 5 nitrogen and oxygen atoms in total. The van der Waals surface area contributed by atoms with Crippen LogP contribution in [0.15, 0.2) is 36.4 Å². The zero-order valence-electron chi connectivity index (χ0n) is 11.8. The molecule has 0 aliphatic heterocycles. The molecule has 0 radical (unpaired) electrons. The Kier molecular flexibility index (Phi) is 3.77. The summed E-state index contributed by atoms with van der Waals surface area (Å²) in [7, 11) is 0. The Labute approximate surface area is 121 Å². The molecule has 2 heterocycles. The highest BCUT2D eigenvalue weighted by Gasteiger charge is 2.03. The monoisotopic (exact) mass is 285 g/mol. The van der Waals surface area contributed by atoms with Gasteiger partial charge in [0.2, 0.25) is 0 Å². The van der Waals surface area contributed by atoms with Gasteiger partial charge in [-0.2, -0.15) is 4.52 Å². The quantitative estimate of drug-likeness (QED) is 0.732. The first-order valence-corrected chi connectivity index (χ1v) is 6.90. The molecule has 3 aromatic rings. The minimum absolute atomic E-state index is 0.185. The van der Waals surface area contributed by atoms with Gasteiger partial charge in [-0.05, 0) is 49.6 Å². The van der Waals surface area contributed by atoms with E-state index < -0.39 is 0 Å². The van der Waals surface area contributed by atoms with Gasteiger partial charge in [0, 0.05) is 6.54 Å². The smallest absolute Gasteiger partial charge is 0.178 e. The van der Waals surface area contributed by atoms with Gasteiger partial charge in [-0.25, -0.2) is 4.39 Å². The highest BCUT2D eigenvalue weighted by molar-refractivity contribution is 5.43. The van der Waals surface area contributed by atoms with Crippen molar-refractivity contribution in [1.82, 2.24) is 19.8 Å². The first-order chi connectivity index (χ1) is 10.2. The van der Waals surface area contributed by atoms with Crippen LogP contribution in [0.1, 0.15) is 17.8 Å². The van der Waals surface area contributed by atoms with Crippen molar-refractivity contribution in [3.05, 3.63) is 53.6 Å². The van der Waals surface area contributed by atoms with Gasteiger partial charge in [0.05, 0.1) is 0 Å². The predicted octanol–water partition coefficient (Wildman–Crippen LogP) is 2.62. The van der Waals surface area contributed by atoms with Crippen LogP contribution in [0.25, 0.3) is 5.65 Å². The fourth-order valence-corrected chi connectivity index (χ4v) is 2.19. The molecule has 21 heavy (non-hydrogen) atoms. The van der Waals surface area contributed by atoms with Crippen molar-refractivity contribution in [3.63, 3.8) is 0 Å². The lowest BCUT2D eigenvalue weighted by atomic mass is 10.1. The molecule has 1 aromatic carbocycles. The first kappa shape index (κ1) is 13.5. The van der Waals surface area contributed by atoms with Crippen LogP contribution < -0.4 is 5.32 Å². The van der Waals surface area contributed by atoms with Crippen molar-refractivity contribution in [1.29, 1.82) is 0 Å². The third-order valence-electron chi connectivity index (χ3n) is 3.26. The Hall–Kier alpha value is -2.50. The number of halogens is 1. The molecule has 6 heteroatoms. The average molecular weight is 285 g/mol. The van der Waals surface area contributed by atoms with Crippen molar-refractivity contribution in [2.75, 3.05) is 11.9 Å². The van der Waals surface area contributed by atoms with E-state index in [4.69, 9.17) is 0 Å². The molecule has 0 saturated carbocycles. The van der Waals surface area contributed by atoms with Gasteiger partial charge in [0.1, 0.15) is 11.6 Å². The largest absolute Gasteiger partial charge is 0.369 e. The Morgan fingerprint density at radius 3 is 2.95 bits per heavy atom. The molecular weight excluding hydrogens is 269 g/mol. The number of rotatable bonds is 5. The normalized spacial score (nSPS) is 11.0. The Bertz CT molecular complexity index is 753. The highest BCUT2D eigenvalue weighted by atomic mass is 19.1. The van der Waals surface area contributed by atoms with Gasteiger partial charge in [-0.3, -0.25) is 0 Å². The van der Waals surface area contributed by atoms with Crippen LogP contribution in [0.2, 0.25) is 0 Å². The van der Waals surface area contributed by atoms with Crippen molar-refractivity contribution in [2.24, 2.45) is 0 Å². The van der Waals surface area contributed by atoms with E-state index >= 15 is 0 Å². The fraction of sp³-hybridized carbons (Fsp3) is 0.267. The SMILES string of the molecule is Cc1nnc2ccc(NCCCc3cccc(F)c3)nn12. The van der Waals surface area contributed by atoms with E-state index in [0.717, 1.165) is 42.2 Å². The van der Waals surface area contributed by atoms with Crippen molar-refractivity contribution in [2.45, 2.75) is 19.8 Å². The summed E-state index contributed by atoms with van der Waals surface area (Å²) < 4.78 is 14.8. The number of aromatic nitrogens is 4. The molecule has 1 N–H and O–H groups in total. The third kappa shape index (κ3) is 3.16. The molecule has 0 fully saturated rings. The van der Waals surface area contributed by atoms with Crippen molar-refractivity contribution < 1.29 is 4.39 Å². The topological polar surface area (TPSA) is 55.1 Å². The number of aryl methyl sites for hydroxylation is 2. The number of fused-ring (bicyclic) bond motifs is 1. The molecular formula is C15H16FN5. The summed E-state index contributed by atoms with van der Waals surface area (Å²) in [5.41, 5.74) is 1.74. The van der Waals surface area contributed by atoms with Crippen LogP contribution in [0, 0.1) is 12.7 Å². The lowest BCUT2D eigenvalue weighted by molar-refractivity contribution is 0.624. The van der Waals surface area contributed by atoms with Crippen molar-refractivity contribution >= 4 is 11.5 Å². The molecule has 0 amide bonds. The lowest BCUT2D eigenvalue weighted by Crippen LogP contribution is -2.07. The van der Waals surface area contributed by atoms with Gasteiger partial charge in [0.25, 0.3) is 0 Å². The van der Waals surface area contributed by atoms with E-state index in [9.17, 15) is 4.39 Å². The average Bonchev–Trinajstić information content (AvgIpc) is 2.85. The van der Waals surface area contributed by atoms with Gasteiger partial charge in [0.15, 0.2) is 11.5 Å². The molecule has 0 saturated heterocycles. The summed E-state index contributed by atoms with van der Waals surface area (Å²) in [6.07, 6.45) is 1.74. The molecule has 0 bridgehead atoms. The van der Waals surface area contributed by atoms with Gasteiger partial charge in [-0.1, -0.05) is 12.1 Å². The standard InChI is InChI=1S/C15H16FN5/c1-11-18-19-15-8-7-14(20-21(11)15)17-9-3-5-12-4-2-6-13(16)10-12/h2,4,6-8,10H,3,5,9H2,1H3,(H,17,20). The Morgan fingerprint density at radius 1 is 1.19 bits per heavy atom. The molecule has 0 spiro atoms. The zero-order valence-corrected chi connectivity index (χ0v) is 11.8. The van der Waals surface area contributed by atoms with E-state index in [0.29, 0.717) is 0 Å². The number of benzene rings is 1. The van der Waals surface area contributed by atoms with Crippen molar-refractivity contribution in [3.8, 4) is 0 Å². The van der Waals surface area contributed by atoms with Crippen LogP contribution >= 0.6 is 0 Å². The zero-order chi connectivity index (χ0) is 14.7. The fourth-order valence-electron chi connectivity index (χ4n) is 2.19. The maximum absolute atomic E-state index is 13.1. The summed E-state index contributed by atoms with van der Waals surface area (Å²) in [4.78, 5) is 0. The van der Waals surface area contributed by atoms with Crippen LogP contribution in [0.3, 0.4) is 0 Å². The number of nitrogens with one attached hydrogen (secondary N) is 1. The van der Waals surface area contributed by atoms with Gasteiger partial charge < -0.3 is 5.32 Å². The summed E-state index contributed by atoms with van der Waals surface area (Å²) in [5.74, 6) is 1.36. The second kappa shape index (κ2) is 5.87. The molecule has 0 aliphatic rings.